The zero-order chi connectivity index (χ0) is 17.6. The van der Waals surface area contributed by atoms with E-state index < -0.39 is 11.7 Å². The maximum absolute atomic E-state index is 13.0. The second-order valence-corrected chi connectivity index (χ2v) is 6.19. The van der Waals surface area contributed by atoms with Gasteiger partial charge < -0.3 is 10.2 Å². The van der Waals surface area contributed by atoms with E-state index in [1.54, 1.807) is 0 Å². The van der Waals surface area contributed by atoms with Crippen molar-refractivity contribution in [3.63, 3.8) is 0 Å². The molecule has 2 heterocycles. The van der Waals surface area contributed by atoms with E-state index in [2.05, 4.69) is 33.9 Å². The summed E-state index contributed by atoms with van der Waals surface area (Å²) in [4.78, 5) is 6.58. The number of hydrogen-bond acceptors (Lipinski definition) is 3. The van der Waals surface area contributed by atoms with Crippen molar-refractivity contribution < 1.29 is 13.2 Å². The van der Waals surface area contributed by atoms with Gasteiger partial charge in [-0.15, -0.1) is 0 Å². The molecule has 0 radical (unpaired) electrons. The van der Waals surface area contributed by atoms with E-state index in [9.17, 15) is 13.2 Å². The highest BCUT2D eigenvalue weighted by Crippen LogP contribution is 2.36. The van der Waals surface area contributed by atoms with Crippen molar-refractivity contribution in [3.05, 3.63) is 65.7 Å². The summed E-state index contributed by atoms with van der Waals surface area (Å²) in [6, 6.07) is 11.7. The SMILES string of the molecule is C=C1NC(CN2CCc3ccccc32)=Nc2cc(C(F)(F)F)ccc21. The van der Waals surface area contributed by atoms with Crippen LogP contribution in [0.15, 0.2) is 54.0 Å². The molecule has 0 bridgehead atoms. The smallest absolute Gasteiger partial charge is 0.364 e. The molecule has 2 aliphatic rings. The molecule has 1 N–H and O–H groups in total. The summed E-state index contributed by atoms with van der Waals surface area (Å²) in [6.07, 6.45) is -3.43. The second kappa shape index (κ2) is 5.65. The van der Waals surface area contributed by atoms with Gasteiger partial charge in [-0.05, 0) is 30.2 Å². The monoisotopic (exact) mass is 343 g/mol. The fourth-order valence-corrected chi connectivity index (χ4v) is 3.30. The third-order valence-electron chi connectivity index (χ3n) is 4.52. The van der Waals surface area contributed by atoms with E-state index in [-0.39, 0.29) is 0 Å². The van der Waals surface area contributed by atoms with Gasteiger partial charge in [0.25, 0.3) is 0 Å². The van der Waals surface area contributed by atoms with Crippen molar-refractivity contribution in [2.24, 2.45) is 4.99 Å². The zero-order valence-electron chi connectivity index (χ0n) is 13.4. The van der Waals surface area contributed by atoms with Gasteiger partial charge in [-0.3, -0.25) is 0 Å². The lowest BCUT2D eigenvalue weighted by Crippen LogP contribution is -2.37. The van der Waals surface area contributed by atoms with E-state index in [0.29, 0.717) is 29.3 Å². The third-order valence-corrected chi connectivity index (χ3v) is 4.52. The van der Waals surface area contributed by atoms with Gasteiger partial charge in [0.05, 0.1) is 17.8 Å². The highest BCUT2D eigenvalue weighted by atomic mass is 19.4. The van der Waals surface area contributed by atoms with E-state index in [1.807, 2.05) is 12.1 Å². The molecule has 25 heavy (non-hydrogen) atoms. The number of para-hydroxylation sites is 1. The Kier molecular flexibility index (Phi) is 3.56. The van der Waals surface area contributed by atoms with Crippen molar-refractivity contribution in [2.45, 2.75) is 12.6 Å². The molecule has 0 saturated heterocycles. The van der Waals surface area contributed by atoms with Crippen molar-refractivity contribution in [1.82, 2.24) is 5.32 Å². The molecule has 2 aromatic rings. The first-order valence-electron chi connectivity index (χ1n) is 8.00. The van der Waals surface area contributed by atoms with Crippen LogP contribution in [0.1, 0.15) is 16.7 Å². The number of benzene rings is 2. The van der Waals surface area contributed by atoms with Crippen LogP contribution in [0.2, 0.25) is 0 Å². The average molecular weight is 343 g/mol. The van der Waals surface area contributed by atoms with Crippen molar-refractivity contribution in [2.75, 3.05) is 18.0 Å². The summed E-state index contributed by atoms with van der Waals surface area (Å²) in [5, 5.41) is 3.12. The Morgan fingerprint density at radius 3 is 2.76 bits per heavy atom. The van der Waals surface area contributed by atoms with E-state index >= 15 is 0 Å². The normalized spacial score (nSPS) is 16.2. The number of alkyl halides is 3. The molecule has 0 amide bonds. The molecular formula is C19H16F3N3. The summed E-state index contributed by atoms with van der Waals surface area (Å²) in [5.74, 6) is 0.605. The molecule has 0 fully saturated rings. The van der Waals surface area contributed by atoms with E-state index in [1.165, 1.54) is 11.6 Å². The van der Waals surface area contributed by atoms with Gasteiger partial charge in [-0.1, -0.05) is 30.8 Å². The Morgan fingerprint density at radius 1 is 1.16 bits per heavy atom. The van der Waals surface area contributed by atoms with Crippen molar-refractivity contribution >= 4 is 22.9 Å². The van der Waals surface area contributed by atoms with Crippen LogP contribution >= 0.6 is 0 Å². The molecule has 2 aromatic carbocycles. The lowest BCUT2D eigenvalue weighted by atomic mass is 10.0. The average Bonchev–Trinajstić information content (AvgIpc) is 2.97. The molecule has 2 aliphatic heterocycles. The minimum Gasteiger partial charge on any atom is -0.364 e. The Morgan fingerprint density at radius 2 is 1.96 bits per heavy atom. The van der Waals surface area contributed by atoms with Crippen LogP contribution in [0, 0.1) is 0 Å². The molecule has 0 aromatic heterocycles. The van der Waals surface area contributed by atoms with Gasteiger partial charge in [0.2, 0.25) is 0 Å². The lowest BCUT2D eigenvalue weighted by Gasteiger charge is -2.25. The van der Waals surface area contributed by atoms with Crippen LogP contribution in [0.3, 0.4) is 0 Å². The molecule has 0 spiro atoms. The highest BCUT2D eigenvalue weighted by molar-refractivity contribution is 6.00. The fraction of sp³-hybridized carbons (Fsp3) is 0.211. The number of anilines is 1. The number of aliphatic imine (C=N–C) groups is 1. The van der Waals surface area contributed by atoms with Crippen molar-refractivity contribution in [3.8, 4) is 0 Å². The van der Waals surface area contributed by atoms with Gasteiger partial charge in [0.15, 0.2) is 0 Å². The molecule has 0 atom stereocenters. The molecule has 3 nitrogen and oxygen atoms in total. The molecular weight excluding hydrogens is 327 g/mol. The Bertz CT molecular complexity index is 884. The van der Waals surface area contributed by atoms with Gasteiger partial charge >= 0.3 is 6.18 Å². The third kappa shape index (κ3) is 2.88. The number of fused-ring (bicyclic) bond motifs is 2. The van der Waals surface area contributed by atoms with Crippen LogP contribution in [-0.2, 0) is 12.6 Å². The molecule has 0 aliphatic carbocycles. The molecule has 128 valence electrons. The van der Waals surface area contributed by atoms with E-state index in [4.69, 9.17) is 0 Å². The van der Waals surface area contributed by atoms with Crippen LogP contribution in [0.5, 0.6) is 0 Å². The van der Waals surface area contributed by atoms with Crippen LogP contribution in [-0.4, -0.2) is 18.9 Å². The summed E-state index contributed by atoms with van der Waals surface area (Å²) >= 11 is 0. The molecule has 6 heteroatoms. The van der Waals surface area contributed by atoms with Gasteiger partial charge in [-0.2, -0.15) is 13.2 Å². The molecule has 4 rings (SSSR count). The quantitative estimate of drug-likeness (QED) is 0.877. The summed E-state index contributed by atoms with van der Waals surface area (Å²) in [6.45, 7) is 5.29. The number of nitrogens with one attached hydrogen (secondary N) is 1. The van der Waals surface area contributed by atoms with Gasteiger partial charge in [-0.25, -0.2) is 4.99 Å². The number of rotatable bonds is 2. The minimum absolute atomic E-state index is 0.307. The number of hydrogen-bond donors (Lipinski definition) is 1. The van der Waals surface area contributed by atoms with Crippen LogP contribution in [0.25, 0.3) is 5.70 Å². The van der Waals surface area contributed by atoms with Crippen LogP contribution < -0.4 is 10.2 Å². The number of halogens is 3. The fourth-order valence-electron chi connectivity index (χ4n) is 3.30. The predicted molar refractivity (Wildman–Crippen MR) is 93.1 cm³/mol. The number of amidine groups is 1. The maximum Gasteiger partial charge on any atom is 0.416 e. The Labute approximate surface area is 143 Å². The lowest BCUT2D eigenvalue weighted by molar-refractivity contribution is -0.137. The van der Waals surface area contributed by atoms with Crippen LogP contribution in [0.4, 0.5) is 24.5 Å². The van der Waals surface area contributed by atoms with Crippen molar-refractivity contribution in [1.29, 1.82) is 0 Å². The molecule has 0 unspecified atom stereocenters. The largest absolute Gasteiger partial charge is 0.416 e. The summed E-state index contributed by atoms with van der Waals surface area (Å²) in [5.41, 5.74) is 3.20. The Balaban J connectivity index is 1.64. The topological polar surface area (TPSA) is 27.6 Å². The maximum atomic E-state index is 13.0. The standard InChI is InChI=1S/C19H16F3N3/c1-12-15-7-6-14(19(20,21)22)10-16(15)24-18(23-12)11-25-9-8-13-4-2-3-5-17(13)25/h2-7,10H,1,8-9,11H2,(H,23,24). The minimum atomic E-state index is -4.38. The second-order valence-electron chi connectivity index (χ2n) is 6.19. The number of nitrogens with zero attached hydrogens (tertiary/aromatic N) is 2. The predicted octanol–water partition coefficient (Wildman–Crippen LogP) is 4.37. The zero-order valence-corrected chi connectivity index (χ0v) is 13.4. The first-order valence-corrected chi connectivity index (χ1v) is 8.00. The highest BCUT2D eigenvalue weighted by Gasteiger charge is 2.32. The molecule has 0 saturated carbocycles. The first-order chi connectivity index (χ1) is 11.9. The Hall–Kier alpha value is -2.76. The van der Waals surface area contributed by atoms with Gasteiger partial charge in [0.1, 0.15) is 5.84 Å². The van der Waals surface area contributed by atoms with Gasteiger partial charge in [0, 0.05) is 23.5 Å². The summed E-state index contributed by atoms with van der Waals surface area (Å²) in [7, 11) is 0. The summed E-state index contributed by atoms with van der Waals surface area (Å²) < 4.78 is 38.9. The first kappa shape index (κ1) is 15.7. The van der Waals surface area contributed by atoms with E-state index in [0.717, 1.165) is 30.8 Å².